The molecule has 4 rings (SSSR count). The Hall–Kier alpha value is -2.41. The normalized spacial score (nSPS) is 20.5. The molecule has 1 saturated heterocycles. The highest BCUT2D eigenvalue weighted by Gasteiger charge is 2.32. The van der Waals surface area contributed by atoms with Crippen LogP contribution in [0.1, 0.15) is 35.3 Å². The van der Waals surface area contributed by atoms with Crippen molar-refractivity contribution >= 4 is 5.91 Å². The zero-order chi connectivity index (χ0) is 18.1. The molecule has 0 bridgehead atoms. The largest absolute Gasteiger partial charge is 0.493 e. The predicted molar refractivity (Wildman–Crippen MR) is 94.9 cm³/mol. The lowest BCUT2D eigenvalue weighted by Gasteiger charge is -2.37. The summed E-state index contributed by atoms with van der Waals surface area (Å²) in [6.07, 6.45) is 2.46. The molecule has 1 aromatic heterocycles. The second-order valence-corrected chi connectivity index (χ2v) is 7.09. The number of ether oxygens (including phenoxy) is 1. The Labute approximate surface area is 152 Å². The second-order valence-electron chi connectivity index (χ2n) is 7.09. The van der Waals surface area contributed by atoms with Crippen LogP contribution in [-0.4, -0.2) is 59.1 Å². The fraction of sp³-hybridized carbons (Fsp3) is 0.526. The van der Waals surface area contributed by atoms with E-state index in [9.17, 15) is 4.79 Å². The molecule has 2 aromatic rings. The van der Waals surface area contributed by atoms with Crippen molar-refractivity contribution in [3.05, 3.63) is 41.0 Å². The minimum atomic E-state index is -0.0502. The molecule has 1 fully saturated rings. The van der Waals surface area contributed by atoms with Crippen molar-refractivity contribution in [3.8, 4) is 5.75 Å². The first-order chi connectivity index (χ1) is 12.6. The van der Waals surface area contributed by atoms with Crippen LogP contribution in [0.15, 0.2) is 22.7 Å². The SMILES string of the molecule is Cc1noc(C2CN(C(=O)Cc3ccc4c(c3)CCCO4)CCN2C)n1. The number of carbonyl (C=O) groups excluding carboxylic acids is 1. The third-order valence-electron chi connectivity index (χ3n) is 5.16. The monoisotopic (exact) mass is 356 g/mol. The number of benzene rings is 1. The molecule has 0 radical (unpaired) electrons. The molecule has 1 aromatic carbocycles. The summed E-state index contributed by atoms with van der Waals surface area (Å²) in [6, 6.07) is 6.05. The van der Waals surface area contributed by atoms with Gasteiger partial charge in [0.25, 0.3) is 0 Å². The van der Waals surface area contributed by atoms with Gasteiger partial charge < -0.3 is 14.2 Å². The number of rotatable bonds is 3. The second kappa shape index (κ2) is 7.07. The zero-order valence-corrected chi connectivity index (χ0v) is 15.3. The summed E-state index contributed by atoms with van der Waals surface area (Å²) in [5.74, 6) is 2.29. The van der Waals surface area contributed by atoms with E-state index in [2.05, 4.69) is 21.1 Å². The average Bonchev–Trinajstić information content (AvgIpc) is 3.08. The van der Waals surface area contributed by atoms with Crippen molar-refractivity contribution in [1.82, 2.24) is 19.9 Å². The van der Waals surface area contributed by atoms with Crippen LogP contribution >= 0.6 is 0 Å². The van der Waals surface area contributed by atoms with Gasteiger partial charge in [0.1, 0.15) is 11.8 Å². The van der Waals surface area contributed by atoms with Gasteiger partial charge in [0, 0.05) is 19.6 Å². The number of piperazine rings is 1. The van der Waals surface area contributed by atoms with Crippen molar-refractivity contribution in [1.29, 1.82) is 0 Å². The van der Waals surface area contributed by atoms with Crippen molar-refractivity contribution in [2.45, 2.75) is 32.2 Å². The van der Waals surface area contributed by atoms with E-state index < -0.39 is 0 Å². The number of fused-ring (bicyclic) bond motifs is 1. The topological polar surface area (TPSA) is 71.7 Å². The first-order valence-corrected chi connectivity index (χ1v) is 9.13. The molecule has 2 aliphatic heterocycles. The Kier molecular flexibility index (Phi) is 4.63. The fourth-order valence-electron chi connectivity index (χ4n) is 3.63. The molecule has 7 nitrogen and oxygen atoms in total. The van der Waals surface area contributed by atoms with Crippen molar-refractivity contribution < 1.29 is 14.1 Å². The fourth-order valence-corrected chi connectivity index (χ4v) is 3.63. The molecule has 2 aliphatic rings. The Bertz CT molecular complexity index is 804. The predicted octanol–water partition coefficient (Wildman–Crippen LogP) is 1.76. The molecular formula is C19H24N4O3. The van der Waals surface area contributed by atoms with Crippen molar-refractivity contribution in [2.75, 3.05) is 33.3 Å². The summed E-state index contributed by atoms with van der Waals surface area (Å²) in [6.45, 7) is 4.66. The quantitative estimate of drug-likeness (QED) is 0.835. The molecule has 0 N–H and O–H groups in total. The lowest BCUT2D eigenvalue weighted by atomic mass is 10.0. The Balaban J connectivity index is 1.44. The summed E-state index contributed by atoms with van der Waals surface area (Å²) in [5.41, 5.74) is 2.25. The van der Waals surface area contributed by atoms with Crippen LogP contribution in [0.5, 0.6) is 5.75 Å². The first-order valence-electron chi connectivity index (χ1n) is 9.13. The summed E-state index contributed by atoms with van der Waals surface area (Å²) in [7, 11) is 2.02. The van der Waals surface area contributed by atoms with Gasteiger partial charge in [0.15, 0.2) is 5.82 Å². The molecule has 0 saturated carbocycles. The number of likely N-dealkylation sites (N-methyl/N-ethyl adjacent to an activating group) is 1. The van der Waals surface area contributed by atoms with E-state index in [1.165, 1.54) is 5.56 Å². The van der Waals surface area contributed by atoms with Gasteiger partial charge in [-0.1, -0.05) is 17.3 Å². The minimum absolute atomic E-state index is 0.0502. The smallest absolute Gasteiger partial charge is 0.245 e. The lowest BCUT2D eigenvalue weighted by Crippen LogP contribution is -2.49. The van der Waals surface area contributed by atoms with Crippen LogP contribution in [0.25, 0.3) is 0 Å². The van der Waals surface area contributed by atoms with Gasteiger partial charge in [-0.2, -0.15) is 4.98 Å². The highest BCUT2D eigenvalue weighted by atomic mass is 16.5. The van der Waals surface area contributed by atoms with E-state index in [0.29, 0.717) is 31.2 Å². The molecule has 1 amide bonds. The number of hydrogen-bond acceptors (Lipinski definition) is 6. The molecule has 1 atom stereocenters. The average molecular weight is 356 g/mol. The van der Waals surface area contributed by atoms with E-state index in [1.807, 2.05) is 24.1 Å². The van der Waals surface area contributed by atoms with E-state index in [4.69, 9.17) is 9.26 Å². The van der Waals surface area contributed by atoms with Gasteiger partial charge in [0.05, 0.1) is 13.0 Å². The van der Waals surface area contributed by atoms with E-state index in [0.717, 1.165) is 37.3 Å². The standard InChI is InChI=1S/C19H24N4O3/c1-13-20-19(26-21-13)16-12-23(8-7-22(16)2)18(24)11-14-5-6-17-15(10-14)4-3-9-25-17/h5-6,10,16H,3-4,7-9,11-12H2,1-2H3. The van der Waals surface area contributed by atoms with Crippen molar-refractivity contribution in [3.63, 3.8) is 0 Å². The number of aromatic nitrogens is 2. The molecule has 0 aliphatic carbocycles. The maximum Gasteiger partial charge on any atom is 0.245 e. The van der Waals surface area contributed by atoms with Gasteiger partial charge in [-0.3, -0.25) is 9.69 Å². The molecule has 26 heavy (non-hydrogen) atoms. The Morgan fingerprint density at radius 3 is 3.04 bits per heavy atom. The van der Waals surface area contributed by atoms with Crippen LogP contribution < -0.4 is 4.74 Å². The van der Waals surface area contributed by atoms with E-state index in [1.54, 1.807) is 6.92 Å². The first kappa shape index (κ1) is 17.0. The van der Waals surface area contributed by atoms with Gasteiger partial charge >= 0.3 is 0 Å². The highest BCUT2D eigenvalue weighted by molar-refractivity contribution is 5.79. The van der Waals surface area contributed by atoms with Crippen LogP contribution in [-0.2, 0) is 17.6 Å². The Morgan fingerprint density at radius 1 is 1.35 bits per heavy atom. The number of hydrogen-bond donors (Lipinski definition) is 0. The molecule has 138 valence electrons. The minimum Gasteiger partial charge on any atom is -0.493 e. The molecule has 3 heterocycles. The van der Waals surface area contributed by atoms with Crippen LogP contribution in [0, 0.1) is 6.92 Å². The van der Waals surface area contributed by atoms with Crippen molar-refractivity contribution in [2.24, 2.45) is 0 Å². The van der Waals surface area contributed by atoms with Gasteiger partial charge in [0.2, 0.25) is 11.8 Å². The number of carbonyl (C=O) groups is 1. The third kappa shape index (κ3) is 3.44. The summed E-state index contributed by atoms with van der Waals surface area (Å²) >= 11 is 0. The third-order valence-corrected chi connectivity index (χ3v) is 5.16. The molecule has 1 unspecified atom stereocenters. The van der Waals surface area contributed by atoms with Crippen LogP contribution in [0.2, 0.25) is 0 Å². The molecule has 0 spiro atoms. The summed E-state index contributed by atoms with van der Waals surface area (Å²) in [5, 5.41) is 3.88. The zero-order valence-electron chi connectivity index (χ0n) is 15.3. The van der Waals surface area contributed by atoms with E-state index >= 15 is 0 Å². The lowest BCUT2D eigenvalue weighted by molar-refractivity contribution is -0.133. The maximum absolute atomic E-state index is 12.8. The number of amides is 1. The number of aryl methyl sites for hydroxylation is 2. The highest BCUT2D eigenvalue weighted by Crippen LogP contribution is 2.27. The van der Waals surface area contributed by atoms with Crippen LogP contribution in [0.4, 0.5) is 0 Å². The maximum atomic E-state index is 12.8. The summed E-state index contributed by atoms with van der Waals surface area (Å²) in [4.78, 5) is 21.2. The van der Waals surface area contributed by atoms with E-state index in [-0.39, 0.29) is 11.9 Å². The van der Waals surface area contributed by atoms with Gasteiger partial charge in [-0.05, 0) is 44.0 Å². The molecule has 7 heteroatoms. The van der Waals surface area contributed by atoms with Gasteiger partial charge in [-0.25, -0.2) is 0 Å². The van der Waals surface area contributed by atoms with Crippen LogP contribution in [0.3, 0.4) is 0 Å². The molecular weight excluding hydrogens is 332 g/mol. The Morgan fingerprint density at radius 2 is 2.23 bits per heavy atom. The number of nitrogens with zero attached hydrogens (tertiary/aromatic N) is 4. The summed E-state index contributed by atoms with van der Waals surface area (Å²) < 4.78 is 11.0. The van der Waals surface area contributed by atoms with Gasteiger partial charge in [-0.15, -0.1) is 0 Å².